The van der Waals surface area contributed by atoms with Gasteiger partial charge >= 0.3 is 0 Å². The highest BCUT2D eigenvalue weighted by molar-refractivity contribution is 6.36. The first-order valence-electron chi connectivity index (χ1n) is 9.02. The molecule has 2 amide bonds. The minimum atomic E-state index is -0.717. The van der Waals surface area contributed by atoms with Gasteiger partial charge in [0.2, 0.25) is 11.7 Å². The van der Waals surface area contributed by atoms with Crippen LogP contribution < -0.4 is 10.1 Å². The van der Waals surface area contributed by atoms with E-state index in [0.717, 1.165) is 18.7 Å². The molecule has 1 aromatic carbocycles. The van der Waals surface area contributed by atoms with E-state index in [1.54, 1.807) is 36.3 Å². The lowest BCUT2D eigenvalue weighted by molar-refractivity contribution is -0.139. The third-order valence-corrected chi connectivity index (χ3v) is 4.91. The van der Waals surface area contributed by atoms with E-state index in [9.17, 15) is 14.4 Å². The number of rotatable bonds is 7. The number of carbonyl (C=O) groups excluding carboxylic acids is 3. The number of amides is 2. The van der Waals surface area contributed by atoms with Gasteiger partial charge in [-0.2, -0.15) is 0 Å². The fourth-order valence-electron chi connectivity index (χ4n) is 3.15. The van der Waals surface area contributed by atoms with E-state index in [1.165, 1.54) is 12.8 Å². The molecule has 2 fully saturated rings. The number of methoxy groups -OCH3 is 1. The van der Waals surface area contributed by atoms with Gasteiger partial charge in [0.05, 0.1) is 13.7 Å². The Hall–Kier alpha value is -2.41. The van der Waals surface area contributed by atoms with Crippen LogP contribution in [0.5, 0.6) is 5.75 Å². The van der Waals surface area contributed by atoms with Gasteiger partial charge in [0.25, 0.3) is 5.91 Å². The molecular weight excluding hydrogens is 334 g/mol. The van der Waals surface area contributed by atoms with Crippen molar-refractivity contribution in [1.82, 2.24) is 15.1 Å². The second-order valence-corrected chi connectivity index (χ2v) is 6.78. The monoisotopic (exact) mass is 359 g/mol. The maximum Gasteiger partial charge on any atom is 0.288 e. The third-order valence-electron chi connectivity index (χ3n) is 4.91. The number of ether oxygens (including phenoxy) is 1. The summed E-state index contributed by atoms with van der Waals surface area (Å²) in [6.07, 6.45) is 2.53. The van der Waals surface area contributed by atoms with Crippen LogP contribution in [0.1, 0.15) is 18.4 Å². The van der Waals surface area contributed by atoms with Crippen LogP contribution in [0.2, 0.25) is 0 Å². The van der Waals surface area contributed by atoms with Gasteiger partial charge in [-0.15, -0.1) is 0 Å². The van der Waals surface area contributed by atoms with E-state index < -0.39 is 11.7 Å². The van der Waals surface area contributed by atoms with Crippen LogP contribution in [-0.4, -0.2) is 73.3 Å². The van der Waals surface area contributed by atoms with Crippen molar-refractivity contribution < 1.29 is 19.1 Å². The predicted octanol–water partition coefficient (Wildman–Crippen LogP) is 0.230. The molecule has 1 N–H and O–H groups in total. The largest absolute Gasteiger partial charge is 0.497 e. The maximum atomic E-state index is 12.2. The molecule has 7 heteroatoms. The Morgan fingerprint density at radius 3 is 2.31 bits per heavy atom. The molecule has 3 rings (SSSR count). The summed E-state index contributed by atoms with van der Waals surface area (Å²) in [6, 6.07) is 7.68. The lowest BCUT2D eigenvalue weighted by atomic mass is 10.1. The topological polar surface area (TPSA) is 78.9 Å². The number of hydrogen-bond donors (Lipinski definition) is 1. The van der Waals surface area contributed by atoms with E-state index >= 15 is 0 Å². The van der Waals surface area contributed by atoms with Gasteiger partial charge in [-0.25, -0.2) is 0 Å². The second-order valence-electron chi connectivity index (χ2n) is 6.78. The lowest BCUT2D eigenvalue weighted by Crippen LogP contribution is -2.52. The fraction of sp³-hybridized carbons (Fsp3) is 0.526. The number of Topliss-reactive ketones (excluding diaryl/α,β-unsaturated/α-hetero) is 1. The van der Waals surface area contributed by atoms with Crippen molar-refractivity contribution >= 4 is 17.6 Å². The first-order valence-corrected chi connectivity index (χ1v) is 9.02. The van der Waals surface area contributed by atoms with Crippen LogP contribution in [-0.2, 0) is 20.8 Å². The molecule has 0 radical (unpaired) electrons. The molecule has 1 aliphatic carbocycles. The maximum absolute atomic E-state index is 12.2. The first-order chi connectivity index (χ1) is 12.6. The van der Waals surface area contributed by atoms with E-state index in [1.807, 2.05) is 0 Å². The van der Waals surface area contributed by atoms with Crippen LogP contribution >= 0.6 is 0 Å². The number of hydrogen-bond acceptors (Lipinski definition) is 5. The number of nitrogens with one attached hydrogen (secondary N) is 1. The van der Waals surface area contributed by atoms with Crippen molar-refractivity contribution in [2.45, 2.75) is 25.3 Å². The van der Waals surface area contributed by atoms with Crippen molar-refractivity contribution in [3.63, 3.8) is 0 Å². The molecular formula is C19H25N3O4. The molecule has 7 nitrogen and oxygen atoms in total. The van der Waals surface area contributed by atoms with Gasteiger partial charge in [-0.1, -0.05) is 12.1 Å². The first kappa shape index (κ1) is 18.4. The van der Waals surface area contributed by atoms with Gasteiger partial charge < -0.3 is 15.0 Å². The van der Waals surface area contributed by atoms with E-state index in [4.69, 9.17) is 4.74 Å². The van der Waals surface area contributed by atoms with Crippen LogP contribution in [0.4, 0.5) is 0 Å². The SMILES string of the molecule is COc1ccc(CC(=O)C(=O)NCC(=O)N2CCN(C3CC3)CC2)cc1. The molecule has 1 aliphatic heterocycles. The molecule has 1 saturated heterocycles. The van der Waals surface area contributed by atoms with Gasteiger partial charge in [-0.05, 0) is 30.5 Å². The smallest absolute Gasteiger partial charge is 0.288 e. The Balaban J connectivity index is 1.39. The standard InChI is InChI=1S/C19H25N3O4/c1-26-16-6-2-14(3-7-16)12-17(23)19(25)20-13-18(24)22-10-8-21(9-11-22)15-4-5-15/h2-3,6-7,15H,4-5,8-13H2,1H3,(H,20,25). The highest BCUT2D eigenvalue weighted by Gasteiger charge is 2.32. The zero-order valence-corrected chi connectivity index (χ0v) is 15.1. The quantitative estimate of drug-likeness (QED) is 0.705. The lowest BCUT2D eigenvalue weighted by Gasteiger charge is -2.34. The Kier molecular flexibility index (Phi) is 5.88. The summed E-state index contributed by atoms with van der Waals surface area (Å²) in [5.41, 5.74) is 0.730. The van der Waals surface area contributed by atoms with Crippen molar-refractivity contribution in [3.05, 3.63) is 29.8 Å². The summed E-state index contributed by atoms with van der Waals surface area (Å²) in [6.45, 7) is 3.02. The van der Waals surface area contributed by atoms with Crippen molar-refractivity contribution in [2.24, 2.45) is 0 Å². The predicted molar refractivity (Wildman–Crippen MR) is 95.9 cm³/mol. The highest BCUT2D eigenvalue weighted by Crippen LogP contribution is 2.27. The van der Waals surface area contributed by atoms with E-state index in [2.05, 4.69) is 10.2 Å². The van der Waals surface area contributed by atoms with Crippen molar-refractivity contribution in [3.8, 4) is 5.75 Å². The summed E-state index contributed by atoms with van der Waals surface area (Å²) in [5, 5.41) is 2.45. The Morgan fingerprint density at radius 1 is 1.08 bits per heavy atom. The van der Waals surface area contributed by atoms with Crippen LogP contribution in [0.15, 0.2) is 24.3 Å². The van der Waals surface area contributed by atoms with Crippen LogP contribution in [0.25, 0.3) is 0 Å². The van der Waals surface area contributed by atoms with Gasteiger partial charge in [0.1, 0.15) is 5.75 Å². The highest BCUT2D eigenvalue weighted by atomic mass is 16.5. The molecule has 0 bridgehead atoms. The Labute approximate surface area is 153 Å². The summed E-state index contributed by atoms with van der Waals surface area (Å²) in [5.74, 6) is -0.712. The molecule has 140 valence electrons. The Morgan fingerprint density at radius 2 is 1.73 bits per heavy atom. The molecule has 1 saturated carbocycles. The van der Waals surface area contributed by atoms with Gasteiger partial charge in [-0.3, -0.25) is 19.3 Å². The van der Waals surface area contributed by atoms with E-state index in [-0.39, 0.29) is 18.9 Å². The molecule has 1 aromatic rings. The number of carbonyl (C=O) groups is 3. The van der Waals surface area contributed by atoms with Gasteiger partial charge in [0.15, 0.2) is 0 Å². The summed E-state index contributed by atoms with van der Waals surface area (Å²) >= 11 is 0. The number of benzene rings is 1. The van der Waals surface area contributed by atoms with Crippen molar-refractivity contribution in [2.75, 3.05) is 39.8 Å². The molecule has 1 heterocycles. The average Bonchev–Trinajstić information content (AvgIpc) is 3.51. The Bertz CT molecular complexity index is 662. The molecule has 26 heavy (non-hydrogen) atoms. The third kappa shape index (κ3) is 4.82. The van der Waals surface area contributed by atoms with E-state index in [0.29, 0.717) is 24.9 Å². The minimum absolute atomic E-state index is 0.00405. The molecule has 0 unspecified atom stereocenters. The molecule has 0 atom stereocenters. The minimum Gasteiger partial charge on any atom is -0.497 e. The summed E-state index contributed by atoms with van der Waals surface area (Å²) in [4.78, 5) is 40.3. The molecule has 2 aliphatic rings. The zero-order valence-electron chi connectivity index (χ0n) is 15.1. The van der Waals surface area contributed by atoms with Crippen molar-refractivity contribution in [1.29, 1.82) is 0 Å². The zero-order chi connectivity index (χ0) is 18.5. The summed E-state index contributed by atoms with van der Waals surface area (Å²) < 4.78 is 5.06. The molecule has 0 spiro atoms. The fourth-order valence-corrected chi connectivity index (χ4v) is 3.15. The van der Waals surface area contributed by atoms with Gasteiger partial charge in [0, 0.05) is 38.6 Å². The number of piperazine rings is 1. The number of nitrogens with zero attached hydrogens (tertiary/aromatic N) is 2. The number of ketones is 1. The summed E-state index contributed by atoms with van der Waals surface area (Å²) in [7, 11) is 1.57. The normalized spacial score (nSPS) is 17.7. The molecule has 0 aromatic heterocycles. The average molecular weight is 359 g/mol. The van der Waals surface area contributed by atoms with Crippen LogP contribution in [0, 0.1) is 0 Å². The van der Waals surface area contributed by atoms with Crippen LogP contribution in [0.3, 0.4) is 0 Å². The second kappa shape index (κ2) is 8.31.